The smallest absolute Gasteiger partial charge is 0.255 e. The molecule has 0 atom stereocenters. The first-order valence-electron chi connectivity index (χ1n) is 8.73. The Morgan fingerprint density at radius 2 is 1.89 bits per heavy atom. The lowest BCUT2D eigenvalue weighted by Crippen LogP contribution is -2.33. The number of benzene rings is 2. The van der Waals surface area contributed by atoms with E-state index in [9.17, 15) is 18.4 Å². The first kappa shape index (κ1) is 19.6. The lowest BCUT2D eigenvalue weighted by atomic mass is 10.1. The zero-order chi connectivity index (χ0) is 20.3. The number of nitrogens with zero attached hydrogens (tertiary/aromatic N) is 1. The van der Waals surface area contributed by atoms with Crippen LogP contribution in [0.1, 0.15) is 28.8 Å². The maximum absolute atomic E-state index is 14.0. The van der Waals surface area contributed by atoms with Gasteiger partial charge in [0.1, 0.15) is 11.6 Å². The van der Waals surface area contributed by atoms with Crippen LogP contribution < -0.4 is 15.2 Å². The van der Waals surface area contributed by atoms with Gasteiger partial charge in [0.15, 0.2) is 18.1 Å². The second kappa shape index (κ2) is 8.24. The molecule has 2 aromatic carbocycles. The van der Waals surface area contributed by atoms with Crippen LogP contribution in [0.4, 0.5) is 8.78 Å². The van der Waals surface area contributed by atoms with Gasteiger partial charge in [0.05, 0.1) is 7.11 Å². The molecule has 2 aromatic rings. The van der Waals surface area contributed by atoms with Crippen molar-refractivity contribution in [2.45, 2.75) is 25.4 Å². The third kappa shape index (κ3) is 4.57. The number of nitrogens with two attached hydrogens (primary N) is 1. The molecule has 0 aliphatic heterocycles. The van der Waals surface area contributed by atoms with Crippen molar-refractivity contribution in [3.63, 3.8) is 0 Å². The van der Waals surface area contributed by atoms with Gasteiger partial charge in [-0.2, -0.15) is 0 Å². The lowest BCUT2D eigenvalue weighted by molar-refractivity contribution is -0.119. The summed E-state index contributed by atoms with van der Waals surface area (Å²) in [6.45, 7) is -0.278. The third-order valence-electron chi connectivity index (χ3n) is 4.38. The van der Waals surface area contributed by atoms with Gasteiger partial charge < -0.3 is 20.1 Å². The molecule has 0 bridgehead atoms. The Labute approximate surface area is 160 Å². The fourth-order valence-electron chi connectivity index (χ4n) is 2.82. The number of hydrogen-bond donors (Lipinski definition) is 1. The molecule has 1 aliphatic rings. The van der Waals surface area contributed by atoms with Crippen LogP contribution in [0, 0.1) is 11.6 Å². The van der Waals surface area contributed by atoms with E-state index in [1.807, 2.05) is 0 Å². The van der Waals surface area contributed by atoms with E-state index in [4.69, 9.17) is 15.2 Å². The van der Waals surface area contributed by atoms with Gasteiger partial charge in [0.25, 0.3) is 11.8 Å². The molecule has 3 rings (SSSR count). The number of halogens is 2. The lowest BCUT2D eigenvalue weighted by Gasteiger charge is -2.23. The molecule has 0 heterocycles. The predicted octanol–water partition coefficient (Wildman–Crippen LogP) is 2.64. The summed E-state index contributed by atoms with van der Waals surface area (Å²) in [5.41, 5.74) is 5.64. The first-order valence-corrected chi connectivity index (χ1v) is 8.73. The Kier molecular flexibility index (Phi) is 5.77. The number of carbonyl (C=O) groups excluding carboxylic acids is 2. The highest BCUT2D eigenvalue weighted by atomic mass is 19.1. The molecule has 6 nitrogen and oxygen atoms in total. The van der Waals surface area contributed by atoms with E-state index < -0.39 is 17.5 Å². The summed E-state index contributed by atoms with van der Waals surface area (Å²) in [7, 11) is 1.41. The van der Waals surface area contributed by atoms with Crippen molar-refractivity contribution in [3.05, 3.63) is 59.2 Å². The standard InChI is InChI=1S/C20H20F2N2O4/c1-27-18-8-12(3-7-17(18)28-11-19(23)25)20(26)24(15-5-6-15)10-13-2-4-14(21)9-16(13)22/h2-4,7-9,15H,5-6,10-11H2,1H3,(H2,23,25). The Morgan fingerprint density at radius 3 is 2.50 bits per heavy atom. The topological polar surface area (TPSA) is 81.9 Å². The van der Waals surface area contributed by atoms with Crippen LogP contribution in [0.5, 0.6) is 11.5 Å². The number of primary amides is 1. The number of rotatable bonds is 8. The van der Waals surface area contributed by atoms with Crippen molar-refractivity contribution in [3.8, 4) is 11.5 Å². The molecule has 1 fully saturated rings. The van der Waals surface area contributed by atoms with Gasteiger partial charge in [-0.1, -0.05) is 6.07 Å². The van der Waals surface area contributed by atoms with Crippen LogP contribution in [-0.2, 0) is 11.3 Å². The molecule has 1 aliphatic carbocycles. The molecule has 8 heteroatoms. The number of hydrogen-bond acceptors (Lipinski definition) is 4. The van der Waals surface area contributed by atoms with Crippen molar-refractivity contribution in [2.24, 2.45) is 5.73 Å². The molecule has 0 aromatic heterocycles. The van der Waals surface area contributed by atoms with E-state index >= 15 is 0 Å². The highest BCUT2D eigenvalue weighted by Crippen LogP contribution is 2.33. The normalized spacial score (nSPS) is 13.1. The maximum Gasteiger partial charge on any atom is 0.255 e. The van der Waals surface area contributed by atoms with Crippen LogP contribution in [-0.4, -0.2) is 36.5 Å². The quantitative estimate of drug-likeness (QED) is 0.751. The summed E-state index contributed by atoms with van der Waals surface area (Å²) in [6, 6.07) is 7.87. The molecule has 2 amide bonds. The first-order chi connectivity index (χ1) is 13.4. The van der Waals surface area contributed by atoms with E-state index in [0.717, 1.165) is 18.9 Å². The average molecular weight is 390 g/mol. The maximum atomic E-state index is 14.0. The molecule has 28 heavy (non-hydrogen) atoms. The molecular formula is C20H20F2N2O4. The van der Waals surface area contributed by atoms with E-state index in [1.54, 1.807) is 4.90 Å². The van der Waals surface area contributed by atoms with Crippen LogP contribution in [0.25, 0.3) is 0 Å². The van der Waals surface area contributed by atoms with Crippen molar-refractivity contribution >= 4 is 11.8 Å². The monoisotopic (exact) mass is 390 g/mol. The van der Waals surface area contributed by atoms with Crippen LogP contribution >= 0.6 is 0 Å². The molecule has 2 N–H and O–H groups in total. The van der Waals surface area contributed by atoms with Gasteiger partial charge in [-0.25, -0.2) is 8.78 Å². The zero-order valence-corrected chi connectivity index (χ0v) is 15.3. The molecule has 0 radical (unpaired) electrons. The van der Waals surface area contributed by atoms with E-state index in [2.05, 4.69) is 0 Å². The van der Waals surface area contributed by atoms with Crippen molar-refractivity contribution in [1.29, 1.82) is 0 Å². The molecule has 0 spiro atoms. The van der Waals surface area contributed by atoms with Crippen molar-refractivity contribution in [2.75, 3.05) is 13.7 Å². The minimum atomic E-state index is -0.689. The highest BCUT2D eigenvalue weighted by molar-refractivity contribution is 5.95. The molecule has 0 saturated heterocycles. The van der Waals surface area contributed by atoms with Crippen LogP contribution in [0.2, 0.25) is 0 Å². The number of ether oxygens (including phenoxy) is 2. The summed E-state index contributed by atoms with van der Waals surface area (Å²) in [4.78, 5) is 25.5. The van der Waals surface area contributed by atoms with Gasteiger partial charge in [-0.15, -0.1) is 0 Å². The minimum absolute atomic E-state index is 0.00809. The Hall–Kier alpha value is -3.16. The largest absolute Gasteiger partial charge is 0.493 e. The Balaban J connectivity index is 1.82. The van der Waals surface area contributed by atoms with Crippen LogP contribution in [0.3, 0.4) is 0 Å². The highest BCUT2D eigenvalue weighted by Gasteiger charge is 2.34. The van der Waals surface area contributed by atoms with E-state index in [0.29, 0.717) is 5.56 Å². The second-order valence-corrected chi connectivity index (χ2v) is 6.52. The molecule has 0 unspecified atom stereocenters. The summed E-state index contributed by atoms with van der Waals surface area (Å²) in [6.07, 6.45) is 1.65. The van der Waals surface area contributed by atoms with Gasteiger partial charge in [0.2, 0.25) is 0 Å². The summed E-state index contributed by atoms with van der Waals surface area (Å²) >= 11 is 0. The Bertz CT molecular complexity index is 900. The van der Waals surface area contributed by atoms with Gasteiger partial charge >= 0.3 is 0 Å². The van der Waals surface area contributed by atoms with Crippen LogP contribution in [0.15, 0.2) is 36.4 Å². The fourth-order valence-corrected chi connectivity index (χ4v) is 2.82. The van der Waals surface area contributed by atoms with Gasteiger partial charge in [0, 0.05) is 29.8 Å². The van der Waals surface area contributed by atoms with E-state index in [1.165, 1.54) is 37.4 Å². The molecular weight excluding hydrogens is 370 g/mol. The predicted molar refractivity (Wildman–Crippen MR) is 96.9 cm³/mol. The minimum Gasteiger partial charge on any atom is -0.493 e. The average Bonchev–Trinajstić information content (AvgIpc) is 3.50. The SMILES string of the molecule is COc1cc(C(=O)N(Cc2ccc(F)cc2F)C2CC2)ccc1OCC(N)=O. The summed E-state index contributed by atoms with van der Waals surface area (Å²) in [5, 5.41) is 0. The van der Waals surface area contributed by atoms with Gasteiger partial charge in [-0.3, -0.25) is 9.59 Å². The third-order valence-corrected chi connectivity index (χ3v) is 4.38. The fraction of sp³-hybridized carbons (Fsp3) is 0.300. The zero-order valence-electron chi connectivity index (χ0n) is 15.3. The summed E-state index contributed by atoms with van der Waals surface area (Å²) in [5.74, 6) is -1.74. The van der Waals surface area contributed by atoms with Gasteiger partial charge in [-0.05, 0) is 37.1 Å². The van der Waals surface area contributed by atoms with E-state index in [-0.39, 0.29) is 42.2 Å². The second-order valence-electron chi connectivity index (χ2n) is 6.52. The number of amides is 2. The van der Waals surface area contributed by atoms with Crippen molar-refractivity contribution in [1.82, 2.24) is 4.90 Å². The molecule has 148 valence electrons. The number of methoxy groups -OCH3 is 1. The Morgan fingerprint density at radius 1 is 1.14 bits per heavy atom. The van der Waals surface area contributed by atoms with Crippen molar-refractivity contribution < 1.29 is 27.8 Å². The molecule has 1 saturated carbocycles. The summed E-state index contributed by atoms with van der Waals surface area (Å²) < 4.78 is 37.7. The number of carbonyl (C=O) groups is 2.